The summed E-state index contributed by atoms with van der Waals surface area (Å²) in [7, 11) is 0. The van der Waals surface area contributed by atoms with Crippen LogP contribution in [0.3, 0.4) is 0 Å². The molecule has 0 bridgehead atoms. The zero-order chi connectivity index (χ0) is 16.5. The first kappa shape index (κ1) is 15.5. The number of hydrogen-bond acceptors (Lipinski definition) is 8. The minimum Gasteiger partial charge on any atom is -0.392 e. The molecule has 0 fully saturated rings. The molecule has 1 heterocycles. The smallest absolute Gasteiger partial charge is 0.392 e. The zero-order valence-corrected chi connectivity index (χ0v) is 12.0. The Morgan fingerprint density at radius 1 is 1.05 bits per heavy atom. The van der Waals surface area contributed by atoms with E-state index in [9.17, 15) is 19.2 Å². The molecule has 8 nitrogen and oxygen atoms in total. The Kier molecular flexibility index (Phi) is 3.85. The minimum atomic E-state index is -2.29. The number of ether oxygens (including phenoxy) is 4. The Morgan fingerprint density at radius 2 is 1.64 bits per heavy atom. The minimum absolute atomic E-state index is 0.0401. The van der Waals surface area contributed by atoms with E-state index in [0.717, 1.165) is 20.8 Å². The Morgan fingerprint density at radius 3 is 2.14 bits per heavy atom. The average Bonchev–Trinajstić information content (AvgIpc) is 2.62. The summed E-state index contributed by atoms with van der Waals surface area (Å²) in [5.41, 5.74) is -0.193. The largest absolute Gasteiger partial charge is 0.454 e. The fraction of sp³-hybridized carbons (Fsp3) is 0.286. The Balaban J connectivity index is 2.54. The number of carbonyl (C=O) groups excluding carboxylic acids is 4. The second-order valence-corrected chi connectivity index (χ2v) is 4.41. The van der Waals surface area contributed by atoms with E-state index in [1.165, 1.54) is 18.2 Å². The van der Waals surface area contributed by atoms with Crippen LogP contribution in [0, 0.1) is 0 Å². The predicted molar refractivity (Wildman–Crippen MR) is 68.4 cm³/mol. The van der Waals surface area contributed by atoms with E-state index in [2.05, 4.69) is 0 Å². The quantitative estimate of drug-likeness (QED) is 0.552. The first-order chi connectivity index (χ1) is 10.2. The molecule has 0 saturated heterocycles. The first-order valence-corrected chi connectivity index (χ1v) is 6.19. The molecule has 0 aromatic heterocycles. The van der Waals surface area contributed by atoms with Gasteiger partial charge in [0.2, 0.25) is 0 Å². The van der Waals surface area contributed by atoms with E-state index in [1.54, 1.807) is 0 Å². The average molecular weight is 308 g/mol. The molecular weight excluding hydrogens is 296 g/mol. The van der Waals surface area contributed by atoms with Crippen LogP contribution >= 0.6 is 0 Å². The van der Waals surface area contributed by atoms with Gasteiger partial charge >= 0.3 is 29.8 Å². The molecular formula is C14H12O8. The second kappa shape index (κ2) is 5.47. The van der Waals surface area contributed by atoms with Crippen LogP contribution in [0.15, 0.2) is 35.3 Å². The molecule has 0 aromatic rings. The fourth-order valence-corrected chi connectivity index (χ4v) is 1.98. The lowest BCUT2D eigenvalue weighted by Crippen LogP contribution is -2.41. The molecule has 8 heteroatoms. The van der Waals surface area contributed by atoms with Crippen LogP contribution in [0.4, 0.5) is 0 Å². The number of carbonyl (C=O) groups is 4. The number of rotatable bonds is 3. The van der Waals surface area contributed by atoms with Crippen LogP contribution < -0.4 is 0 Å². The monoisotopic (exact) mass is 308 g/mol. The summed E-state index contributed by atoms with van der Waals surface area (Å²) in [4.78, 5) is 45.8. The molecule has 1 aliphatic carbocycles. The van der Waals surface area contributed by atoms with Crippen molar-refractivity contribution in [2.24, 2.45) is 0 Å². The summed E-state index contributed by atoms with van der Waals surface area (Å²) in [6.07, 6.45) is 3.92. The molecule has 0 N–H and O–H groups in total. The van der Waals surface area contributed by atoms with Crippen LogP contribution in [0.25, 0.3) is 0 Å². The summed E-state index contributed by atoms with van der Waals surface area (Å²) in [5, 5.41) is 0. The maximum atomic E-state index is 12.0. The van der Waals surface area contributed by atoms with E-state index in [1.807, 2.05) is 0 Å². The molecule has 2 rings (SSSR count). The van der Waals surface area contributed by atoms with Gasteiger partial charge in [-0.15, -0.1) is 0 Å². The number of allylic oxidation sites excluding steroid dienone is 3. The van der Waals surface area contributed by atoms with Gasteiger partial charge in [-0.05, 0) is 12.2 Å². The molecule has 0 atom stereocenters. The Hall–Kier alpha value is -2.90. The van der Waals surface area contributed by atoms with Crippen molar-refractivity contribution in [2.45, 2.75) is 26.7 Å². The van der Waals surface area contributed by atoms with Crippen molar-refractivity contribution in [3.8, 4) is 0 Å². The highest BCUT2D eigenvalue weighted by Crippen LogP contribution is 2.43. The van der Waals surface area contributed by atoms with Gasteiger partial charge < -0.3 is 18.9 Å². The van der Waals surface area contributed by atoms with Crippen LogP contribution in [0.5, 0.6) is 0 Å². The fourth-order valence-electron chi connectivity index (χ4n) is 1.98. The van der Waals surface area contributed by atoms with E-state index in [4.69, 9.17) is 18.9 Å². The molecule has 116 valence electrons. The highest BCUT2D eigenvalue weighted by molar-refractivity contribution is 6.10. The molecule has 0 unspecified atom stereocenters. The lowest BCUT2D eigenvalue weighted by atomic mass is 9.97. The van der Waals surface area contributed by atoms with Crippen molar-refractivity contribution in [1.82, 2.24) is 0 Å². The summed E-state index contributed by atoms with van der Waals surface area (Å²) in [5.74, 6) is -5.74. The van der Waals surface area contributed by atoms with Gasteiger partial charge in [0, 0.05) is 20.8 Å². The normalized spacial score (nSPS) is 18.1. The third kappa shape index (κ3) is 2.76. The van der Waals surface area contributed by atoms with Crippen LogP contribution in [-0.2, 0) is 38.1 Å². The highest BCUT2D eigenvalue weighted by atomic mass is 16.9. The van der Waals surface area contributed by atoms with Gasteiger partial charge in [0.15, 0.2) is 5.78 Å². The van der Waals surface area contributed by atoms with Crippen LogP contribution in [0.2, 0.25) is 0 Å². The first-order valence-electron chi connectivity index (χ1n) is 6.19. The molecule has 0 spiro atoms. The summed E-state index contributed by atoms with van der Waals surface area (Å²) < 4.78 is 19.9. The summed E-state index contributed by atoms with van der Waals surface area (Å²) in [6, 6.07) is 0. The molecule has 0 aromatic carbocycles. The van der Waals surface area contributed by atoms with Gasteiger partial charge in [-0.2, -0.15) is 0 Å². The van der Waals surface area contributed by atoms with E-state index in [0.29, 0.717) is 0 Å². The summed E-state index contributed by atoms with van der Waals surface area (Å²) >= 11 is 0. The Labute approximate surface area is 125 Å². The van der Waals surface area contributed by atoms with E-state index >= 15 is 0 Å². The maximum absolute atomic E-state index is 12.0. The van der Waals surface area contributed by atoms with Gasteiger partial charge in [-0.1, -0.05) is 6.08 Å². The third-order valence-corrected chi connectivity index (χ3v) is 2.58. The van der Waals surface area contributed by atoms with Crippen molar-refractivity contribution < 1.29 is 38.1 Å². The SMILES string of the molecule is CC(=O)OC1=C2C(=O)C=CC=C2C(OC(C)=O)(OC(C)=O)O1. The van der Waals surface area contributed by atoms with E-state index in [-0.39, 0.29) is 11.1 Å². The maximum Gasteiger partial charge on any atom is 0.454 e. The van der Waals surface area contributed by atoms with Crippen molar-refractivity contribution in [2.75, 3.05) is 0 Å². The number of ketones is 1. The zero-order valence-electron chi connectivity index (χ0n) is 12.0. The highest BCUT2D eigenvalue weighted by Gasteiger charge is 2.56. The lowest BCUT2D eigenvalue weighted by Gasteiger charge is -2.28. The van der Waals surface area contributed by atoms with Crippen molar-refractivity contribution in [3.63, 3.8) is 0 Å². The molecule has 22 heavy (non-hydrogen) atoms. The molecule has 1 aliphatic heterocycles. The van der Waals surface area contributed by atoms with Crippen LogP contribution in [0.1, 0.15) is 20.8 Å². The lowest BCUT2D eigenvalue weighted by molar-refractivity contribution is -0.309. The molecule has 0 amide bonds. The second-order valence-electron chi connectivity index (χ2n) is 4.41. The van der Waals surface area contributed by atoms with E-state index < -0.39 is 35.6 Å². The van der Waals surface area contributed by atoms with Gasteiger partial charge in [-0.25, -0.2) is 0 Å². The number of esters is 3. The van der Waals surface area contributed by atoms with Gasteiger partial charge in [0.1, 0.15) is 11.1 Å². The van der Waals surface area contributed by atoms with Gasteiger partial charge in [0.25, 0.3) is 0 Å². The number of hydrogen-bond donors (Lipinski definition) is 0. The Bertz CT molecular complexity index is 648. The standard InChI is InChI=1S/C14H12O8/c1-7(15)19-13-12-10(5-4-6-11(12)18)14(22-13,20-8(2)16)21-9(3)17/h4-6H,1-3H3. The van der Waals surface area contributed by atoms with Crippen molar-refractivity contribution in [3.05, 3.63) is 35.3 Å². The molecule has 2 aliphatic rings. The molecule has 0 saturated carbocycles. The topological polar surface area (TPSA) is 105 Å². The van der Waals surface area contributed by atoms with Gasteiger partial charge in [-0.3, -0.25) is 19.2 Å². The van der Waals surface area contributed by atoms with Gasteiger partial charge in [0.05, 0.1) is 0 Å². The molecule has 0 radical (unpaired) electrons. The predicted octanol–water partition coefficient (Wildman–Crippen LogP) is 0.637. The number of fused-ring (bicyclic) bond motifs is 1. The van der Waals surface area contributed by atoms with Crippen molar-refractivity contribution >= 4 is 23.7 Å². The van der Waals surface area contributed by atoms with Crippen molar-refractivity contribution in [1.29, 1.82) is 0 Å². The third-order valence-electron chi connectivity index (χ3n) is 2.58. The summed E-state index contributed by atoms with van der Waals surface area (Å²) in [6.45, 7) is 3.24. The van der Waals surface area contributed by atoms with Crippen LogP contribution in [-0.4, -0.2) is 29.7 Å².